The maximum absolute atomic E-state index is 11.4. The van der Waals surface area contributed by atoms with Gasteiger partial charge in [-0.05, 0) is 30.4 Å². The van der Waals surface area contributed by atoms with E-state index in [9.17, 15) is 9.90 Å². The molecule has 1 aliphatic heterocycles. The molecular weight excluding hydrogens is 266 g/mol. The number of H-pyrrole nitrogens is 1. The maximum atomic E-state index is 11.4. The van der Waals surface area contributed by atoms with Crippen molar-refractivity contribution >= 4 is 16.9 Å². The summed E-state index contributed by atoms with van der Waals surface area (Å²) in [4.78, 5) is 14.6. The van der Waals surface area contributed by atoms with Gasteiger partial charge in [0.05, 0.1) is 22.8 Å². The first-order chi connectivity index (χ1) is 11.4. The summed E-state index contributed by atoms with van der Waals surface area (Å²) < 4.78 is 30.4. The lowest BCUT2D eigenvalue weighted by atomic mass is 9.86. The molecule has 0 unspecified atom stereocenters. The Labute approximate surface area is 128 Å². The predicted molar refractivity (Wildman–Crippen MR) is 81.6 cm³/mol. The van der Waals surface area contributed by atoms with E-state index < -0.39 is 11.6 Å². The van der Waals surface area contributed by atoms with Crippen molar-refractivity contribution in [3.05, 3.63) is 34.9 Å². The van der Waals surface area contributed by atoms with E-state index >= 15 is 0 Å². The monoisotopic (exact) mass is 290 g/mol. The highest BCUT2D eigenvalue weighted by molar-refractivity contribution is 5.88. The number of aliphatic carboxylic acids is 1. The molecule has 4 nitrogen and oxygen atoms in total. The standard InChI is InChI=1S/C17H21NO3/c1-3-11-6-5-7-12-13-8-9-21-17(4-2,10-14(19)20)16(13)18-15(11)12/h5-7,18H,3-4,8-10H2,1-2H3,(H,19,20)/t17-/m1/s1/i5D,6D,7D. The van der Waals surface area contributed by atoms with Crippen LogP contribution in [0, 0.1) is 0 Å². The fourth-order valence-electron chi connectivity index (χ4n) is 3.25. The lowest BCUT2D eigenvalue weighted by Gasteiger charge is -2.35. The zero-order valence-corrected chi connectivity index (χ0v) is 12.3. The van der Waals surface area contributed by atoms with Crippen LogP contribution in [0.2, 0.25) is 0 Å². The molecule has 2 N–H and O–H groups in total. The van der Waals surface area contributed by atoms with Gasteiger partial charge in [0.15, 0.2) is 0 Å². The highest BCUT2D eigenvalue weighted by Crippen LogP contribution is 2.42. The van der Waals surface area contributed by atoms with Crippen LogP contribution < -0.4 is 0 Å². The minimum Gasteiger partial charge on any atom is -0.481 e. The summed E-state index contributed by atoms with van der Waals surface area (Å²) in [7, 11) is 0. The van der Waals surface area contributed by atoms with Crippen LogP contribution in [-0.2, 0) is 28.0 Å². The molecule has 0 fully saturated rings. The molecule has 112 valence electrons. The number of fused-ring (bicyclic) bond motifs is 3. The van der Waals surface area contributed by atoms with Crippen molar-refractivity contribution in [3.63, 3.8) is 0 Å². The van der Waals surface area contributed by atoms with Crippen molar-refractivity contribution in [2.75, 3.05) is 6.61 Å². The van der Waals surface area contributed by atoms with Crippen molar-refractivity contribution < 1.29 is 18.8 Å². The zero-order valence-electron chi connectivity index (χ0n) is 15.3. The second-order valence-corrected chi connectivity index (χ2v) is 5.45. The number of benzene rings is 1. The summed E-state index contributed by atoms with van der Waals surface area (Å²) in [6.45, 7) is 4.19. The van der Waals surface area contributed by atoms with Gasteiger partial charge in [-0.3, -0.25) is 4.79 Å². The number of para-hydroxylation sites is 1. The van der Waals surface area contributed by atoms with E-state index in [1.165, 1.54) is 0 Å². The van der Waals surface area contributed by atoms with Crippen LogP contribution in [0.4, 0.5) is 0 Å². The fraction of sp³-hybridized carbons (Fsp3) is 0.471. The van der Waals surface area contributed by atoms with E-state index in [0.29, 0.717) is 48.0 Å². The molecule has 1 aromatic carbocycles. The first-order valence-electron chi connectivity index (χ1n) is 8.85. The first kappa shape index (κ1) is 10.9. The number of aryl methyl sites for hydroxylation is 1. The molecule has 0 amide bonds. The average molecular weight is 290 g/mol. The quantitative estimate of drug-likeness (QED) is 0.907. The minimum atomic E-state index is -0.944. The van der Waals surface area contributed by atoms with Crippen LogP contribution in [0.5, 0.6) is 0 Å². The number of hydrogen-bond donors (Lipinski definition) is 2. The summed E-state index contributed by atoms with van der Waals surface area (Å²) >= 11 is 0. The third-order valence-electron chi connectivity index (χ3n) is 4.35. The molecule has 0 saturated carbocycles. The van der Waals surface area contributed by atoms with Crippen LogP contribution >= 0.6 is 0 Å². The molecule has 0 radical (unpaired) electrons. The third-order valence-corrected chi connectivity index (χ3v) is 4.35. The second kappa shape index (κ2) is 5.19. The van der Waals surface area contributed by atoms with E-state index in [-0.39, 0.29) is 24.5 Å². The van der Waals surface area contributed by atoms with Gasteiger partial charge in [-0.15, -0.1) is 0 Å². The van der Waals surface area contributed by atoms with E-state index in [0.717, 1.165) is 5.56 Å². The number of nitrogens with one attached hydrogen (secondary N) is 1. The summed E-state index contributed by atoms with van der Waals surface area (Å²) in [6.07, 6.45) is 1.48. The van der Waals surface area contributed by atoms with Gasteiger partial charge >= 0.3 is 5.97 Å². The third kappa shape index (κ3) is 2.14. The Morgan fingerprint density at radius 3 is 3.00 bits per heavy atom. The largest absolute Gasteiger partial charge is 0.481 e. The Balaban J connectivity index is 2.38. The summed E-state index contributed by atoms with van der Waals surface area (Å²) in [5, 5.41) is 9.96. The van der Waals surface area contributed by atoms with Crippen LogP contribution in [0.15, 0.2) is 18.1 Å². The summed E-state index contributed by atoms with van der Waals surface area (Å²) in [5.74, 6) is -0.937. The summed E-state index contributed by atoms with van der Waals surface area (Å²) in [6, 6.07) is 0.0229. The van der Waals surface area contributed by atoms with Gasteiger partial charge in [-0.2, -0.15) is 0 Å². The van der Waals surface area contributed by atoms with Crippen molar-refractivity contribution in [2.24, 2.45) is 0 Å². The van der Waals surface area contributed by atoms with Gasteiger partial charge in [0, 0.05) is 10.9 Å². The molecule has 1 aromatic heterocycles. The molecule has 2 aromatic rings. The lowest BCUT2D eigenvalue weighted by Crippen LogP contribution is -2.37. The number of hydrogen-bond acceptors (Lipinski definition) is 2. The SMILES string of the molecule is [2H]c1c([2H])c([2H])c2c3c([nH]c2c1CC)[C@@](CC)(CC(=O)O)OCC3. The number of ether oxygens (including phenoxy) is 1. The van der Waals surface area contributed by atoms with Gasteiger partial charge in [0.2, 0.25) is 0 Å². The number of carboxylic acids is 1. The fourth-order valence-corrected chi connectivity index (χ4v) is 3.25. The Morgan fingerprint density at radius 1 is 1.52 bits per heavy atom. The lowest BCUT2D eigenvalue weighted by molar-refractivity contribution is -0.148. The molecule has 1 atom stereocenters. The number of carboxylic acid groups (broad SMARTS) is 1. The Bertz CT molecular complexity index is 831. The van der Waals surface area contributed by atoms with Crippen LogP contribution in [0.25, 0.3) is 10.9 Å². The molecule has 0 saturated heterocycles. The predicted octanol–water partition coefficient (Wildman–Crippen LogP) is 3.38. The molecule has 2 heterocycles. The highest BCUT2D eigenvalue weighted by atomic mass is 16.5. The van der Waals surface area contributed by atoms with Crippen molar-refractivity contribution in [1.29, 1.82) is 0 Å². The summed E-state index contributed by atoms with van der Waals surface area (Å²) in [5.41, 5.74) is 2.00. The molecule has 0 aliphatic carbocycles. The minimum absolute atomic E-state index is 0.0342. The zero-order chi connectivity index (χ0) is 17.6. The van der Waals surface area contributed by atoms with Gasteiger partial charge in [-0.25, -0.2) is 0 Å². The van der Waals surface area contributed by atoms with E-state index in [1.807, 2.05) is 13.8 Å². The average Bonchev–Trinajstić information content (AvgIpc) is 2.93. The van der Waals surface area contributed by atoms with E-state index in [1.54, 1.807) is 0 Å². The topological polar surface area (TPSA) is 62.3 Å². The van der Waals surface area contributed by atoms with Gasteiger partial charge in [0.1, 0.15) is 5.60 Å². The Morgan fingerprint density at radius 2 is 2.33 bits per heavy atom. The van der Waals surface area contributed by atoms with Gasteiger partial charge in [0.25, 0.3) is 0 Å². The molecule has 0 spiro atoms. The molecule has 4 heteroatoms. The Hall–Kier alpha value is -1.81. The van der Waals surface area contributed by atoms with Crippen LogP contribution in [0.3, 0.4) is 0 Å². The Kier molecular flexibility index (Phi) is 2.68. The number of carbonyl (C=O) groups is 1. The van der Waals surface area contributed by atoms with E-state index in [2.05, 4.69) is 4.98 Å². The number of rotatable bonds is 4. The molecule has 21 heavy (non-hydrogen) atoms. The molecule has 1 aliphatic rings. The van der Waals surface area contributed by atoms with Crippen molar-refractivity contribution in [3.8, 4) is 0 Å². The molecular formula is C17H21NO3. The molecule has 3 rings (SSSR count). The van der Waals surface area contributed by atoms with Gasteiger partial charge in [-0.1, -0.05) is 32.0 Å². The second-order valence-electron chi connectivity index (χ2n) is 5.45. The van der Waals surface area contributed by atoms with Crippen LogP contribution in [-0.4, -0.2) is 22.7 Å². The van der Waals surface area contributed by atoms with Crippen molar-refractivity contribution in [2.45, 2.75) is 45.1 Å². The van der Waals surface area contributed by atoms with Gasteiger partial charge < -0.3 is 14.8 Å². The van der Waals surface area contributed by atoms with Crippen molar-refractivity contribution in [1.82, 2.24) is 4.98 Å². The smallest absolute Gasteiger partial charge is 0.306 e. The normalized spacial score (nSPS) is 23.4. The number of aromatic nitrogens is 1. The van der Waals surface area contributed by atoms with E-state index in [4.69, 9.17) is 8.85 Å². The van der Waals surface area contributed by atoms with Crippen LogP contribution in [0.1, 0.15) is 47.6 Å². The number of aromatic amines is 1. The molecule has 0 bridgehead atoms. The maximum Gasteiger partial charge on any atom is 0.306 e. The highest BCUT2D eigenvalue weighted by Gasteiger charge is 2.40. The first-order valence-corrected chi connectivity index (χ1v) is 7.35.